The van der Waals surface area contributed by atoms with Gasteiger partial charge in [0.1, 0.15) is 0 Å². The van der Waals surface area contributed by atoms with E-state index in [1.807, 2.05) is 47.8 Å². The number of rotatable bonds is 7. The standard InChI is InChI=1S/C20H22BrNS2/c1-4-23-20(24-5-2)18-13-17(21)11-12-19(18)22-14-15(3)16-9-7-6-8-10-16/h6-13,20H,4-5H2,1-3H3. The summed E-state index contributed by atoms with van der Waals surface area (Å²) in [5.41, 5.74) is 4.46. The molecule has 0 aliphatic heterocycles. The minimum atomic E-state index is 0.398. The van der Waals surface area contributed by atoms with Gasteiger partial charge >= 0.3 is 0 Å². The van der Waals surface area contributed by atoms with Crippen LogP contribution in [0.25, 0.3) is 5.57 Å². The van der Waals surface area contributed by atoms with E-state index in [9.17, 15) is 0 Å². The smallest absolute Gasteiger partial charge is 0.0782 e. The molecule has 0 aromatic heterocycles. The van der Waals surface area contributed by atoms with Crippen molar-refractivity contribution in [2.45, 2.75) is 25.4 Å². The van der Waals surface area contributed by atoms with Gasteiger partial charge in [-0.25, -0.2) is 4.99 Å². The Morgan fingerprint density at radius 3 is 2.38 bits per heavy atom. The van der Waals surface area contributed by atoms with E-state index in [4.69, 9.17) is 0 Å². The fourth-order valence-corrected chi connectivity index (χ4v) is 5.17. The van der Waals surface area contributed by atoms with Crippen LogP contribution in [0.1, 0.15) is 36.5 Å². The Hall–Kier alpha value is -0.930. The summed E-state index contributed by atoms with van der Waals surface area (Å²) in [4.78, 5) is 4.67. The summed E-state index contributed by atoms with van der Waals surface area (Å²) >= 11 is 7.51. The van der Waals surface area contributed by atoms with Crippen LogP contribution in [0.3, 0.4) is 0 Å². The summed E-state index contributed by atoms with van der Waals surface area (Å²) in [5.74, 6) is 5.40. The molecule has 126 valence electrons. The van der Waals surface area contributed by atoms with Gasteiger partial charge in [-0.3, -0.25) is 0 Å². The lowest BCUT2D eigenvalue weighted by atomic mass is 10.1. The summed E-state index contributed by atoms with van der Waals surface area (Å²) < 4.78 is 1.49. The van der Waals surface area contributed by atoms with Gasteiger partial charge < -0.3 is 0 Å². The molecule has 4 heteroatoms. The third-order valence-electron chi connectivity index (χ3n) is 3.43. The molecule has 0 aliphatic rings. The maximum atomic E-state index is 4.67. The highest BCUT2D eigenvalue weighted by atomic mass is 79.9. The Morgan fingerprint density at radius 1 is 1.08 bits per heavy atom. The summed E-state index contributed by atoms with van der Waals surface area (Å²) in [6.07, 6.45) is 0. The molecule has 0 heterocycles. The first-order chi connectivity index (χ1) is 11.7. The van der Waals surface area contributed by atoms with Crippen LogP contribution in [-0.4, -0.2) is 17.4 Å². The van der Waals surface area contributed by atoms with E-state index in [2.05, 4.69) is 71.8 Å². The first-order valence-electron chi connectivity index (χ1n) is 8.04. The molecular formula is C20H22BrNS2. The number of hydrogen-bond donors (Lipinski definition) is 0. The van der Waals surface area contributed by atoms with Gasteiger partial charge in [-0.1, -0.05) is 60.1 Å². The van der Waals surface area contributed by atoms with Crippen molar-refractivity contribution in [2.75, 3.05) is 11.5 Å². The molecule has 0 fully saturated rings. The van der Waals surface area contributed by atoms with E-state index < -0.39 is 0 Å². The molecule has 0 atom stereocenters. The van der Waals surface area contributed by atoms with E-state index in [0.717, 1.165) is 32.8 Å². The number of aliphatic imine (C=N–C) groups is 1. The average Bonchev–Trinajstić information content (AvgIpc) is 2.61. The number of nitrogens with zero attached hydrogens (tertiary/aromatic N) is 1. The van der Waals surface area contributed by atoms with Crippen molar-refractivity contribution in [3.05, 3.63) is 64.1 Å². The lowest BCUT2D eigenvalue weighted by Crippen LogP contribution is -1.92. The van der Waals surface area contributed by atoms with E-state index in [1.165, 1.54) is 5.56 Å². The number of hydrogen-bond acceptors (Lipinski definition) is 3. The van der Waals surface area contributed by atoms with Crippen LogP contribution in [0.4, 0.5) is 5.69 Å². The van der Waals surface area contributed by atoms with E-state index in [1.54, 1.807) is 0 Å². The van der Waals surface area contributed by atoms with Gasteiger partial charge in [0.2, 0.25) is 0 Å². The highest BCUT2D eigenvalue weighted by molar-refractivity contribution is 9.10. The van der Waals surface area contributed by atoms with Crippen molar-refractivity contribution in [2.24, 2.45) is 4.99 Å². The number of allylic oxidation sites excluding steroid dienone is 1. The fraction of sp³-hybridized carbons (Fsp3) is 0.300. The minimum absolute atomic E-state index is 0.398. The normalized spacial score (nSPS) is 10.5. The van der Waals surface area contributed by atoms with Crippen molar-refractivity contribution in [1.82, 2.24) is 0 Å². The Bertz CT molecular complexity index is 716. The largest absolute Gasteiger partial charge is 0.206 e. The van der Waals surface area contributed by atoms with Gasteiger partial charge in [0, 0.05) is 15.6 Å². The van der Waals surface area contributed by atoms with Crippen molar-refractivity contribution in [3.63, 3.8) is 0 Å². The van der Waals surface area contributed by atoms with Crippen LogP contribution in [0.2, 0.25) is 0 Å². The van der Waals surface area contributed by atoms with Crippen LogP contribution in [0.15, 0.2) is 58.0 Å². The van der Waals surface area contributed by atoms with Crippen molar-refractivity contribution in [1.29, 1.82) is 0 Å². The number of benzene rings is 2. The molecule has 0 saturated heterocycles. The molecule has 0 unspecified atom stereocenters. The Labute approximate surface area is 162 Å². The molecule has 2 aromatic rings. The molecule has 0 bridgehead atoms. The molecular weight excluding hydrogens is 398 g/mol. The Morgan fingerprint density at radius 2 is 1.75 bits per heavy atom. The van der Waals surface area contributed by atoms with Crippen LogP contribution in [-0.2, 0) is 0 Å². The van der Waals surface area contributed by atoms with Gasteiger partial charge in [0.05, 0.1) is 10.3 Å². The molecule has 0 aliphatic carbocycles. The zero-order chi connectivity index (χ0) is 17.4. The van der Waals surface area contributed by atoms with Crippen LogP contribution in [0, 0.1) is 0 Å². The maximum Gasteiger partial charge on any atom is 0.0782 e. The second-order valence-electron chi connectivity index (χ2n) is 5.16. The number of halogens is 1. The molecule has 0 radical (unpaired) electrons. The molecule has 0 N–H and O–H groups in total. The highest BCUT2D eigenvalue weighted by Crippen LogP contribution is 2.44. The number of thioether (sulfide) groups is 2. The minimum Gasteiger partial charge on any atom is -0.206 e. The Balaban J connectivity index is 2.41. The molecule has 0 amide bonds. The molecule has 0 saturated carbocycles. The van der Waals surface area contributed by atoms with Crippen LogP contribution in [0.5, 0.6) is 0 Å². The predicted octanol–water partition coefficient (Wildman–Crippen LogP) is 7.36. The van der Waals surface area contributed by atoms with Gasteiger partial charge in [0.25, 0.3) is 0 Å². The first kappa shape index (κ1) is 19.4. The highest BCUT2D eigenvalue weighted by Gasteiger charge is 2.15. The summed E-state index contributed by atoms with van der Waals surface area (Å²) in [5, 5.41) is 0. The quantitative estimate of drug-likeness (QED) is 0.343. The third-order valence-corrected chi connectivity index (χ3v) is 6.52. The van der Waals surface area contributed by atoms with Crippen molar-refractivity contribution in [3.8, 4) is 0 Å². The van der Waals surface area contributed by atoms with E-state index in [-0.39, 0.29) is 0 Å². The first-order valence-corrected chi connectivity index (χ1v) is 10.9. The van der Waals surface area contributed by atoms with Crippen molar-refractivity contribution < 1.29 is 0 Å². The molecule has 1 nitrogen and oxygen atoms in total. The van der Waals surface area contributed by atoms with E-state index >= 15 is 0 Å². The maximum absolute atomic E-state index is 4.67. The zero-order valence-corrected chi connectivity index (χ0v) is 17.5. The van der Waals surface area contributed by atoms with Gasteiger partial charge in [0.15, 0.2) is 0 Å². The molecule has 24 heavy (non-hydrogen) atoms. The molecule has 2 aromatic carbocycles. The van der Waals surface area contributed by atoms with Gasteiger partial charge in [-0.05, 0) is 48.1 Å². The average molecular weight is 420 g/mol. The second kappa shape index (κ2) is 10.1. The van der Waals surface area contributed by atoms with E-state index in [0.29, 0.717) is 4.58 Å². The topological polar surface area (TPSA) is 12.4 Å². The summed E-state index contributed by atoms with van der Waals surface area (Å²) in [6, 6.07) is 16.6. The summed E-state index contributed by atoms with van der Waals surface area (Å²) in [7, 11) is 0. The lowest BCUT2D eigenvalue weighted by Gasteiger charge is -2.17. The second-order valence-corrected chi connectivity index (χ2v) is 9.14. The zero-order valence-electron chi connectivity index (χ0n) is 14.3. The van der Waals surface area contributed by atoms with Crippen molar-refractivity contribution >= 4 is 56.6 Å². The predicted molar refractivity (Wildman–Crippen MR) is 116 cm³/mol. The molecule has 2 rings (SSSR count). The van der Waals surface area contributed by atoms with Crippen LogP contribution >= 0.6 is 39.5 Å². The van der Waals surface area contributed by atoms with Gasteiger partial charge in [-0.2, -0.15) is 0 Å². The monoisotopic (exact) mass is 419 g/mol. The fourth-order valence-electron chi connectivity index (χ4n) is 2.24. The third kappa shape index (κ3) is 5.56. The Kier molecular flexibility index (Phi) is 8.20. The van der Waals surface area contributed by atoms with Gasteiger partial charge in [-0.15, -0.1) is 23.5 Å². The SMILES string of the molecule is CCSC(SCC)c1cc(Br)ccc1N=C=C(C)c1ccccc1. The molecule has 0 spiro atoms. The summed E-state index contributed by atoms with van der Waals surface area (Å²) in [6.45, 7) is 6.46. The lowest BCUT2D eigenvalue weighted by molar-refractivity contribution is 1.31. The van der Waals surface area contributed by atoms with Crippen LogP contribution < -0.4 is 0 Å².